The number of thiophene rings is 1. The van der Waals surface area contributed by atoms with Gasteiger partial charge in [-0.1, -0.05) is 6.42 Å². The van der Waals surface area contributed by atoms with E-state index in [-0.39, 0.29) is 0 Å². The van der Waals surface area contributed by atoms with E-state index < -0.39 is 0 Å². The summed E-state index contributed by atoms with van der Waals surface area (Å²) in [6, 6.07) is 2.21. The van der Waals surface area contributed by atoms with Crippen LogP contribution < -0.4 is 5.32 Å². The molecule has 20 heavy (non-hydrogen) atoms. The van der Waals surface area contributed by atoms with E-state index in [0.29, 0.717) is 5.92 Å². The molecule has 3 nitrogen and oxygen atoms in total. The van der Waals surface area contributed by atoms with Crippen LogP contribution in [0.1, 0.15) is 49.2 Å². The van der Waals surface area contributed by atoms with Crippen molar-refractivity contribution < 1.29 is 0 Å². The van der Waals surface area contributed by atoms with Crippen LogP contribution >= 0.6 is 11.3 Å². The van der Waals surface area contributed by atoms with Gasteiger partial charge in [0.15, 0.2) is 0 Å². The predicted molar refractivity (Wildman–Crippen MR) is 84.5 cm³/mol. The molecule has 1 N–H and O–H groups in total. The molecule has 0 radical (unpaired) electrons. The molecule has 4 rings (SSSR count). The Morgan fingerprint density at radius 3 is 2.90 bits per heavy atom. The van der Waals surface area contributed by atoms with Crippen molar-refractivity contribution in [3.8, 4) is 0 Å². The van der Waals surface area contributed by atoms with Crippen molar-refractivity contribution in [3.63, 3.8) is 0 Å². The first-order valence-electron chi connectivity index (χ1n) is 7.76. The lowest BCUT2D eigenvalue weighted by atomic mass is 9.88. The van der Waals surface area contributed by atoms with Gasteiger partial charge in [0.2, 0.25) is 0 Å². The van der Waals surface area contributed by atoms with E-state index in [0.717, 1.165) is 34.9 Å². The average molecular weight is 287 g/mol. The molecule has 2 aliphatic carbocycles. The summed E-state index contributed by atoms with van der Waals surface area (Å²) in [4.78, 5) is 12.3. The first kappa shape index (κ1) is 12.6. The van der Waals surface area contributed by atoms with Crippen LogP contribution in [0.15, 0.2) is 6.07 Å². The normalized spacial score (nSPS) is 28.4. The molecule has 2 aromatic rings. The third kappa shape index (κ3) is 1.93. The molecule has 0 aliphatic heterocycles. The summed E-state index contributed by atoms with van der Waals surface area (Å²) in [7, 11) is 0. The molecule has 0 saturated heterocycles. The zero-order valence-corrected chi connectivity index (χ0v) is 13.0. The number of nitrogens with one attached hydrogen (secondary N) is 1. The molecular formula is C16H21N3S. The topological polar surface area (TPSA) is 37.8 Å². The molecule has 2 heterocycles. The highest BCUT2D eigenvalue weighted by Gasteiger charge is 2.41. The monoisotopic (exact) mass is 287 g/mol. The number of anilines is 1. The summed E-state index contributed by atoms with van der Waals surface area (Å²) in [5.41, 5.74) is 0. The standard InChI is InChI=1S/C16H21N3S/c1-3-17-14-13-6-9(2)20-16(13)19-15(18-14)12-8-10-4-5-11(12)7-10/h6,10-12H,3-5,7-8H2,1-2H3,(H,17,18,19). The van der Waals surface area contributed by atoms with Crippen LogP contribution in [-0.4, -0.2) is 16.5 Å². The second kappa shape index (κ2) is 4.69. The fraction of sp³-hybridized carbons (Fsp3) is 0.625. The van der Waals surface area contributed by atoms with E-state index in [1.165, 1.54) is 35.9 Å². The molecule has 2 aliphatic rings. The summed E-state index contributed by atoms with van der Waals surface area (Å²) in [5.74, 6) is 4.53. The highest BCUT2D eigenvalue weighted by atomic mass is 32.1. The number of rotatable bonds is 3. The molecule has 4 heteroatoms. The Hall–Kier alpha value is -1.16. The molecule has 2 aromatic heterocycles. The Kier molecular flexibility index (Phi) is 2.95. The molecular weight excluding hydrogens is 266 g/mol. The Morgan fingerprint density at radius 2 is 2.20 bits per heavy atom. The second-order valence-electron chi connectivity index (χ2n) is 6.32. The predicted octanol–water partition coefficient (Wildman–Crippen LogP) is 4.34. The second-order valence-corrected chi connectivity index (χ2v) is 7.55. The molecule has 2 fully saturated rings. The fourth-order valence-electron chi connectivity index (χ4n) is 4.09. The Bertz CT molecular complexity index is 648. The third-order valence-corrected chi connectivity index (χ3v) is 5.89. The number of hydrogen-bond acceptors (Lipinski definition) is 4. The number of aryl methyl sites for hydroxylation is 1. The molecule has 106 valence electrons. The fourth-order valence-corrected chi connectivity index (χ4v) is 4.97. The molecule has 0 spiro atoms. The van der Waals surface area contributed by atoms with Crippen LogP contribution in [0, 0.1) is 18.8 Å². The Morgan fingerprint density at radius 1 is 1.30 bits per heavy atom. The number of nitrogens with zero attached hydrogens (tertiary/aromatic N) is 2. The van der Waals surface area contributed by atoms with Crippen molar-refractivity contribution in [2.75, 3.05) is 11.9 Å². The molecule has 0 amide bonds. The highest BCUT2D eigenvalue weighted by Crippen LogP contribution is 2.52. The minimum atomic E-state index is 0.609. The van der Waals surface area contributed by atoms with Crippen LogP contribution in [0.4, 0.5) is 5.82 Å². The van der Waals surface area contributed by atoms with Gasteiger partial charge in [0, 0.05) is 17.3 Å². The van der Waals surface area contributed by atoms with E-state index in [4.69, 9.17) is 9.97 Å². The first-order chi connectivity index (χ1) is 9.74. The minimum Gasteiger partial charge on any atom is -0.370 e. The van der Waals surface area contributed by atoms with Gasteiger partial charge in [-0.3, -0.25) is 0 Å². The van der Waals surface area contributed by atoms with Crippen LogP contribution in [0.3, 0.4) is 0 Å². The Balaban J connectivity index is 1.79. The lowest BCUT2D eigenvalue weighted by Crippen LogP contribution is -2.13. The smallest absolute Gasteiger partial charge is 0.138 e. The summed E-state index contributed by atoms with van der Waals surface area (Å²) < 4.78 is 0. The first-order valence-corrected chi connectivity index (χ1v) is 8.58. The number of hydrogen-bond donors (Lipinski definition) is 1. The number of fused-ring (bicyclic) bond motifs is 3. The van der Waals surface area contributed by atoms with Crippen molar-refractivity contribution in [2.24, 2.45) is 11.8 Å². The summed E-state index contributed by atoms with van der Waals surface area (Å²) in [6.45, 7) is 5.20. The van der Waals surface area contributed by atoms with Gasteiger partial charge in [0.1, 0.15) is 16.5 Å². The van der Waals surface area contributed by atoms with Gasteiger partial charge in [-0.15, -0.1) is 11.3 Å². The van der Waals surface area contributed by atoms with Crippen molar-refractivity contribution in [3.05, 3.63) is 16.8 Å². The van der Waals surface area contributed by atoms with E-state index in [1.54, 1.807) is 11.3 Å². The van der Waals surface area contributed by atoms with Gasteiger partial charge in [-0.25, -0.2) is 9.97 Å². The third-order valence-electron chi connectivity index (χ3n) is 4.95. The van der Waals surface area contributed by atoms with Gasteiger partial charge in [0.05, 0.1) is 5.39 Å². The number of aromatic nitrogens is 2. The summed E-state index contributed by atoms with van der Waals surface area (Å²) in [5, 5.41) is 4.62. The maximum atomic E-state index is 4.91. The van der Waals surface area contributed by atoms with Crippen LogP contribution in [0.2, 0.25) is 0 Å². The van der Waals surface area contributed by atoms with Crippen molar-refractivity contribution >= 4 is 27.4 Å². The lowest BCUT2D eigenvalue weighted by Gasteiger charge is -2.20. The van der Waals surface area contributed by atoms with Gasteiger partial charge in [-0.05, 0) is 51.0 Å². The molecule has 2 saturated carbocycles. The van der Waals surface area contributed by atoms with Crippen molar-refractivity contribution in [1.82, 2.24) is 9.97 Å². The van der Waals surface area contributed by atoms with E-state index >= 15 is 0 Å². The molecule has 0 aromatic carbocycles. The van der Waals surface area contributed by atoms with E-state index in [9.17, 15) is 0 Å². The maximum Gasteiger partial charge on any atom is 0.138 e. The van der Waals surface area contributed by atoms with Gasteiger partial charge >= 0.3 is 0 Å². The zero-order chi connectivity index (χ0) is 13.7. The largest absolute Gasteiger partial charge is 0.370 e. The lowest BCUT2D eigenvalue weighted by molar-refractivity contribution is 0.406. The summed E-state index contributed by atoms with van der Waals surface area (Å²) >= 11 is 1.79. The van der Waals surface area contributed by atoms with Crippen LogP contribution in [0.5, 0.6) is 0 Å². The quantitative estimate of drug-likeness (QED) is 0.912. The van der Waals surface area contributed by atoms with Crippen molar-refractivity contribution in [1.29, 1.82) is 0 Å². The van der Waals surface area contributed by atoms with Gasteiger partial charge < -0.3 is 5.32 Å². The molecule has 3 unspecified atom stereocenters. The van der Waals surface area contributed by atoms with Gasteiger partial charge in [0.25, 0.3) is 0 Å². The van der Waals surface area contributed by atoms with E-state index in [2.05, 4.69) is 25.2 Å². The van der Waals surface area contributed by atoms with Gasteiger partial charge in [-0.2, -0.15) is 0 Å². The molecule has 3 atom stereocenters. The zero-order valence-electron chi connectivity index (χ0n) is 12.1. The highest BCUT2D eigenvalue weighted by molar-refractivity contribution is 7.18. The van der Waals surface area contributed by atoms with Crippen LogP contribution in [-0.2, 0) is 0 Å². The maximum absolute atomic E-state index is 4.91. The SMILES string of the molecule is CCNc1nc(C2CC3CCC2C3)nc2sc(C)cc12. The average Bonchev–Trinajstić information content (AvgIpc) is 3.12. The van der Waals surface area contributed by atoms with E-state index in [1.807, 2.05) is 0 Å². The summed E-state index contributed by atoms with van der Waals surface area (Å²) in [6.07, 6.45) is 5.54. The van der Waals surface area contributed by atoms with Crippen molar-refractivity contribution in [2.45, 2.75) is 45.4 Å². The minimum absolute atomic E-state index is 0.609. The van der Waals surface area contributed by atoms with Crippen LogP contribution in [0.25, 0.3) is 10.2 Å². The Labute approximate surface area is 123 Å². The molecule has 2 bridgehead atoms.